The SMILES string of the molecule is COc1cccc(C(CCO)NC(=O)c2ccc3cc(C)c(-c4cn[nH]c4)cc3c2)c1. The molecule has 0 aliphatic heterocycles. The van der Waals surface area contributed by atoms with E-state index < -0.39 is 0 Å². The topological polar surface area (TPSA) is 87.2 Å². The van der Waals surface area contributed by atoms with Crippen LogP contribution in [0, 0.1) is 6.92 Å². The maximum Gasteiger partial charge on any atom is 0.251 e. The normalized spacial score (nSPS) is 12.0. The number of hydrogen-bond donors (Lipinski definition) is 3. The average molecular weight is 415 g/mol. The number of aromatic amines is 1. The molecule has 158 valence electrons. The van der Waals surface area contributed by atoms with Gasteiger partial charge in [-0.1, -0.05) is 24.3 Å². The third-order valence-electron chi connectivity index (χ3n) is 5.47. The summed E-state index contributed by atoms with van der Waals surface area (Å²) in [6.45, 7) is 2.03. The van der Waals surface area contributed by atoms with Gasteiger partial charge in [-0.2, -0.15) is 5.10 Å². The first-order valence-electron chi connectivity index (χ1n) is 10.2. The summed E-state index contributed by atoms with van der Waals surface area (Å²) in [6, 6.07) is 17.1. The van der Waals surface area contributed by atoms with Gasteiger partial charge in [0.05, 0.1) is 19.3 Å². The van der Waals surface area contributed by atoms with Gasteiger partial charge in [-0.05, 0) is 71.1 Å². The number of H-pyrrole nitrogens is 1. The Kier molecular flexibility index (Phi) is 6.00. The van der Waals surface area contributed by atoms with Gasteiger partial charge in [-0.25, -0.2) is 0 Å². The molecular weight excluding hydrogens is 390 g/mol. The Morgan fingerprint density at radius 2 is 2.03 bits per heavy atom. The molecule has 6 nitrogen and oxygen atoms in total. The van der Waals surface area contributed by atoms with Crippen LogP contribution in [0.25, 0.3) is 21.9 Å². The van der Waals surface area contributed by atoms with E-state index in [0.29, 0.717) is 17.7 Å². The van der Waals surface area contributed by atoms with Gasteiger partial charge in [0.2, 0.25) is 0 Å². The van der Waals surface area contributed by atoms with Crippen LogP contribution in [0.3, 0.4) is 0 Å². The van der Waals surface area contributed by atoms with Crippen molar-refractivity contribution >= 4 is 16.7 Å². The first kappa shape index (κ1) is 20.6. The monoisotopic (exact) mass is 415 g/mol. The molecule has 0 saturated carbocycles. The number of aliphatic hydroxyl groups is 1. The molecule has 1 heterocycles. The van der Waals surface area contributed by atoms with Crippen molar-refractivity contribution in [2.45, 2.75) is 19.4 Å². The summed E-state index contributed by atoms with van der Waals surface area (Å²) < 4.78 is 5.29. The molecule has 0 bridgehead atoms. The lowest BCUT2D eigenvalue weighted by atomic mass is 9.97. The van der Waals surface area contributed by atoms with Crippen molar-refractivity contribution in [3.8, 4) is 16.9 Å². The quantitative estimate of drug-likeness (QED) is 0.417. The number of ether oxygens (including phenoxy) is 1. The summed E-state index contributed by atoms with van der Waals surface area (Å²) in [5.41, 5.74) is 4.69. The number of hydrogen-bond acceptors (Lipinski definition) is 4. The third-order valence-corrected chi connectivity index (χ3v) is 5.47. The van der Waals surface area contributed by atoms with Crippen LogP contribution in [0.15, 0.2) is 67.0 Å². The van der Waals surface area contributed by atoms with Gasteiger partial charge >= 0.3 is 0 Å². The number of benzene rings is 3. The van der Waals surface area contributed by atoms with E-state index in [1.54, 1.807) is 13.3 Å². The molecule has 1 unspecified atom stereocenters. The number of carbonyl (C=O) groups is 1. The van der Waals surface area contributed by atoms with Crippen LogP contribution in [-0.4, -0.2) is 34.9 Å². The van der Waals surface area contributed by atoms with E-state index in [9.17, 15) is 9.90 Å². The lowest BCUT2D eigenvalue weighted by molar-refractivity contribution is 0.0930. The Balaban J connectivity index is 1.63. The van der Waals surface area contributed by atoms with E-state index in [4.69, 9.17) is 4.74 Å². The van der Waals surface area contributed by atoms with E-state index in [2.05, 4.69) is 34.6 Å². The minimum atomic E-state index is -0.317. The van der Waals surface area contributed by atoms with E-state index >= 15 is 0 Å². The van der Waals surface area contributed by atoms with E-state index in [0.717, 1.165) is 33.0 Å². The zero-order valence-electron chi connectivity index (χ0n) is 17.6. The number of aliphatic hydroxyl groups excluding tert-OH is 1. The maximum atomic E-state index is 13.0. The summed E-state index contributed by atoms with van der Waals surface area (Å²) in [7, 11) is 1.60. The molecule has 3 N–H and O–H groups in total. The van der Waals surface area contributed by atoms with Crippen LogP contribution >= 0.6 is 0 Å². The standard InChI is InChI=1S/C25H25N3O3/c1-16-10-17-6-7-19(11-20(17)13-23(16)21-14-26-27-15-21)25(30)28-24(8-9-29)18-4-3-5-22(12-18)31-2/h3-7,10-15,24,29H,8-9H2,1-2H3,(H,26,27)(H,28,30). The second-order valence-corrected chi connectivity index (χ2v) is 7.53. The average Bonchev–Trinajstić information content (AvgIpc) is 3.32. The molecule has 0 aliphatic rings. The highest BCUT2D eigenvalue weighted by atomic mass is 16.5. The largest absolute Gasteiger partial charge is 0.497 e. The second kappa shape index (κ2) is 9.02. The van der Waals surface area contributed by atoms with Crippen molar-refractivity contribution in [1.82, 2.24) is 15.5 Å². The van der Waals surface area contributed by atoms with Crippen LogP contribution in [0.4, 0.5) is 0 Å². The van der Waals surface area contributed by atoms with Gasteiger partial charge in [0.25, 0.3) is 5.91 Å². The zero-order chi connectivity index (χ0) is 21.8. The number of carbonyl (C=O) groups excluding carboxylic acids is 1. The predicted molar refractivity (Wildman–Crippen MR) is 121 cm³/mol. The van der Waals surface area contributed by atoms with Crippen LogP contribution in [0.1, 0.15) is 33.9 Å². The van der Waals surface area contributed by atoms with Crippen molar-refractivity contribution in [3.05, 3.63) is 83.7 Å². The Hall–Kier alpha value is -3.64. The molecule has 0 fully saturated rings. The molecule has 3 aromatic carbocycles. The molecule has 0 spiro atoms. The highest BCUT2D eigenvalue weighted by Crippen LogP contribution is 2.29. The fraction of sp³-hybridized carbons (Fsp3) is 0.200. The van der Waals surface area contributed by atoms with Crippen molar-refractivity contribution < 1.29 is 14.6 Å². The molecule has 31 heavy (non-hydrogen) atoms. The molecule has 4 aromatic rings. The van der Waals surface area contributed by atoms with Gasteiger partial charge in [0.15, 0.2) is 0 Å². The molecule has 6 heteroatoms. The van der Waals surface area contributed by atoms with Gasteiger partial charge < -0.3 is 15.2 Å². The number of amides is 1. The Morgan fingerprint density at radius 3 is 2.77 bits per heavy atom. The molecule has 0 saturated heterocycles. The molecular formula is C25H25N3O3. The summed E-state index contributed by atoms with van der Waals surface area (Å²) in [6.07, 6.45) is 4.06. The third kappa shape index (κ3) is 4.44. The molecule has 1 atom stereocenters. The summed E-state index contributed by atoms with van der Waals surface area (Å²) in [5.74, 6) is 0.524. The molecule has 0 radical (unpaired) electrons. The molecule has 0 aliphatic carbocycles. The minimum Gasteiger partial charge on any atom is -0.497 e. The van der Waals surface area contributed by atoms with Gasteiger partial charge in [0, 0.05) is 23.9 Å². The summed E-state index contributed by atoms with van der Waals surface area (Å²) in [5, 5.41) is 21.5. The fourth-order valence-corrected chi connectivity index (χ4v) is 3.81. The number of rotatable bonds is 7. The zero-order valence-corrected chi connectivity index (χ0v) is 17.6. The highest BCUT2D eigenvalue weighted by Gasteiger charge is 2.17. The van der Waals surface area contributed by atoms with Crippen LogP contribution in [0.2, 0.25) is 0 Å². The number of aryl methyl sites for hydroxylation is 1. The van der Waals surface area contributed by atoms with E-state index in [1.807, 2.05) is 48.7 Å². The maximum absolute atomic E-state index is 13.0. The lowest BCUT2D eigenvalue weighted by Crippen LogP contribution is -2.29. The number of nitrogens with one attached hydrogen (secondary N) is 2. The van der Waals surface area contributed by atoms with Gasteiger partial charge in [0.1, 0.15) is 5.75 Å². The molecule has 1 aromatic heterocycles. The summed E-state index contributed by atoms with van der Waals surface area (Å²) >= 11 is 0. The number of aromatic nitrogens is 2. The van der Waals surface area contributed by atoms with Gasteiger partial charge in [-0.3, -0.25) is 9.89 Å². The Labute approximate surface area is 180 Å². The first-order valence-corrected chi connectivity index (χ1v) is 10.2. The van der Waals surface area contributed by atoms with Gasteiger partial charge in [-0.15, -0.1) is 0 Å². The Morgan fingerprint density at radius 1 is 1.16 bits per heavy atom. The van der Waals surface area contributed by atoms with E-state index in [-0.39, 0.29) is 18.6 Å². The van der Waals surface area contributed by atoms with Crippen LogP contribution in [0.5, 0.6) is 5.75 Å². The minimum absolute atomic E-state index is 0.0345. The Bertz CT molecular complexity index is 1200. The van der Waals surface area contributed by atoms with Crippen LogP contribution < -0.4 is 10.1 Å². The van der Waals surface area contributed by atoms with Crippen molar-refractivity contribution in [2.75, 3.05) is 13.7 Å². The number of nitrogens with zero attached hydrogens (tertiary/aromatic N) is 1. The van der Waals surface area contributed by atoms with Crippen LogP contribution in [-0.2, 0) is 0 Å². The predicted octanol–water partition coefficient (Wildman–Crippen LogP) is 4.40. The first-order chi connectivity index (χ1) is 15.1. The van der Waals surface area contributed by atoms with Crippen molar-refractivity contribution in [3.63, 3.8) is 0 Å². The second-order valence-electron chi connectivity index (χ2n) is 7.53. The molecule has 4 rings (SSSR count). The lowest BCUT2D eigenvalue weighted by Gasteiger charge is -2.19. The summed E-state index contributed by atoms with van der Waals surface area (Å²) in [4.78, 5) is 13.0. The number of fused-ring (bicyclic) bond motifs is 1. The fourth-order valence-electron chi connectivity index (χ4n) is 3.81. The smallest absolute Gasteiger partial charge is 0.251 e. The molecule has 1 amide bonds. The van der Waals surface area contributed by atoms with Crippen molar-refractivity contribution in [2.24, 2.45) is 0 Å². The van der Waals surface area contributed by atoms with E-state index in [1.165, 1.54) is 0 Å². The van der Waals surface area contributed by atoms with Crippen molar-refractivity contribution in [1.29, 1.82) is 0 Å². The highest BCUT2D eigenvalue weighted by molar-refractivity contribution is 6.00. The number of methoxy groups -OCH3 is 1.